The first-order valence-electron chi connectivity index (χ1n) is 6.20. The van der Waals surface area contributed by atoms with Gasteiger partial charge in [0.15, 0.2) is 0 Å². The topological polar surface area (TPSA) is 65.9 Å². The molecule has 0 unspecified atom stereocenters. The summed E-state index contributed by atoms with van der Waals surface area (Å²) in [6, 6.07) is 15.3. The lowest BCUT2D eigenvalue weighted by molar-refractivity contribution is 0.814. The average molecular weight is 252 g/mol. The van der Waals surface area contributed by atoms with Crippen molar-refractivity contribution in [1.82, 2.24) is 4.98 Å². The van der Waals surface area contributed by atoms with Crippen molar-refractivity contribution in [2.24, 2.45) is 0 Å². The Morgan fingerprint density at radius 1 is 1.21 bits per heavy atom. The molecule has 2 N–H and O–H groups in total. The molecule has 0 saturated carbocycles. The third kappa shape index (κ3) is 3.02. The fraction of sp³-hybridized carbons (Fsp3) is 0.200. The number of hydrogen-bond donors (Lipinski definition) is 1. The van der Waals surface area contributed by atoms with E-state index in [0.29, 0.717) is 12.2 Å². The molecule has 4 nitrogen and oxygen atoms in total. The maximum Gasteiger partial charge on any atom is 0.142 e. The van der Waals surface area contributed by atoms with Gasteiger partial charge in [-0.3, -0.25) is 0 Å². The van der Waals surface area contributed by atoms with Gasteiger partial charge in [0.05, 0.1) is 0 Å². The van der Waals surface area contributed by atoms with Gasteiger partial charge >= 0.3 is 0 Å². The normalized spacial score (nSPS) is 9.89. The molecule has 0 bridgehead atoms. The summed E-state index contributed by atoms with van der Waals surface area (Å²) in [5, 5.41) is 8.90. The lowest BCUT2D eigenvalue weighted by Gasteiger charge is -2.22. The first-order valence-corrected chi connectivity index (χ1v) is 6.20. The van der Waals surface area contributed by atoms with Gasteiger partial charge in [0.2, 0.25) is 0 Å². The number of nitrogen functional groups attached to an aromatic ring is 1. The van der Waals surface area contributed by atoms with Gasteiger partial charge in [-0.1, -0.05) is 24.3 Å². The predicted molar refractivity (Wildman–Crippen MR) is 76.5 cm³/mol. The highest BCUT2D eigenvalue weighted by Gasteiger charge is 2.09. The number of nitriles is 1. The number of nitrogens with zero attached hydrogens (tertiary/aromatic N) is 3. The molecule has 1 heterocycles. The van der Waals surface area contributed by atoms with Gasteiger partial charge in [-0.05, 0) is 30.7 Å². The second kappa shape index (κ2) is 5.87. The third-order valence-electron chi connectivity index (χ3n) is 2.97. The maximum absolute atomic E-state index is 8.90. The molecule has 19 heavy (non-hydrogen) atoms. The molecule has 1 aromatic carbocycles. The predicted octanol–water partition coefficient (Wildman–Crippen LogP) is 2.56. The zero-order valence-electron chi connectivity index (χ0n) is 10.9. The van der Waals surface area contributed by atoms with Crippen LogP contribution in [-0.4, -0.2) is 11.5 Å². The number of pyridine rings is 1. The van der Waals surface area contributed by atoms with Gasteiger partial charge in [0.25, 0.3) is 0 Å². The van der Waals surface area contributed by atoms with Crippen LogP contribution in [0.4, 0.5) is 11.5 Å². The Morgan fingerprint density at radius 3 is 2.68 bits per heavy atom. The zero-order chi connectivity index (χ0) is 13.7. The summed E-state index contributed by atoms with van der Waals surface area (Å²) in [7, 11) is 0. The first kappa shape index (κ1) is 12.9. The highest BCUT2D eigenvalue weighted by molar-refractivity contribution is 5.50. The minimum Gasteiger partial charge on any atom is -0.398 e. The summed E-state index contributed by atoms with van der Waals surface area (Å²) in [5.74, 6) is 0.796. The van der Waals surface area contributed by atoms with Crippen molar-refractivity contribution in [3.05, 3.63) is 53.7 Å². The summed E-state index contributed by atoms with van der Waals surface area (Å²) in [4.78, 5) is 6.40. The molecule has 0 amide bonds. The van der Waals surface area contributed by atoms with Crippen LogP contribution < -0.4 is 10.6 Å². The number of aromatic nitrogens is 1. The smallest absolute Gasteiger partial charge is 0.142 e. The van der Waals surface area contributed by atoms with Gasteiger partial charge in [-0.25, -0.2) is 4.98 Å². The van der Waals surface area contributed by atoms with E-state index in [9.17, 15) is 0 Å². The summed E-state index contributed by atoms with van der Waals surface area (Å²) < 4.78 is 0. The molecular weight excluding hydrogens is 236 g/mol. The van der Waals surface area contributed by atoms with E-state index in [1.165, 1.54) is 0 Å². The van der Waals surface area contributed by atoms with Crippen molar-refractivity contribution >= 4 is 11.5 Å². The Hall–Kier alpha value is -2.54. The van der Waals surface area contributed by atoms with E-state index in [2.05, 4.69) is 22.9 Å². The van der Waals surface area contributed by atoms with Crippen molar-refractivity contribution in [3.63, 3.8) is 0 Å². The first-order chi connectivity index (χ1) is 9.24. The highest BCUT2D eigenvalue weighted by atomic mass is 15.2. The molecular formula is C15H16N4. The molecule has 0 aliphatic heterocycles. The van der Waals surface area contributed by atoms with Crippen LogP contribution in [0.5, 0.6) is 0 Å². The molecule has 0 atom stereocenters. The summed E-state index contributed by atoms with van der Waals surface area (Å²) in [5.41, 5.74) is 8.22. The summed E-state index contributed by atoms with van der Waals surface area (Å²) >= 11 is 0. The van der Waals surface area contributed by atoms with Gasteiger partial charge < -0.3 is 10.6 Å². The Morgan fingerprint density at radius 2 is 2.00 bits per heavy atom. The number of para-hydroxylation sites is 1. The molecule has 96 valence electrons. The van der Waals surface area contributed by atoms with Crippen LogP contribution in [0, 0.1) is 11.3 Å². The van der Waals surface area contributed by atoms with Crippen LogP contribution in [0.25, 0.3) is 0 Å². The van der Waals surface area contributed by atoms with Crippen molar-refractivity contribution < 1.29 is 0 Å². The molecule has 0 radical (unpaired) electrons. The van der Waals surface area contributed by atoms with E-state index in [-0.39, 0.29) is 0 Å². The van der Waals surface area contributed by atoms with E-state index < -0.39 is 0 Å². The molecule has 2 rings (SSSR count). The maximum atomic E-state index is 8.90. The molecule has 0 fully saturated rings. The number of nitrogens with two attached hydrogens (primary N) is 1. The molecule has 0 aliphatic carbocycles. The van der Waals surface area contributed by atoms with E-state index in [1.54, 1.807) is 6.07 Å². The number of anilines is 2. The minimum absolute atomic E-state index is 0.428. The molecule has 0 aliphatic rings. The van der Waals surface area contributed by atoms with Crippen LogP contribution in [0.2, 0.25) is 0 Å². The van der Waals surface area contributed by atoms with Gasteiger partial charge in [-0.2, -0.15) is 5.26 Å². The standard InChI is InChI=1S/C15H16N4/c1-2-19(11-12-6-3-4-8-14(12)17)15-9-5-7-13(10-16)18-15/h3-9H,2,11,17H2,1H3. The number of benzene rings is 1. The van der Waals surface area contributed by atoms with Crippen molar-refractivity contribution in [1.29, 1.82) is 5.26 Å². The Kier molecular flexibility index (Phi) is 3.99. The molecule has 2 aromatic rings. The molecule has 1 aromatic heterocycles. The summed E-state index contributed by atoms with van der Waals surface area (Å²) in [6.45, 7) is 3.54. The number of rotatable bonds is 4. The summed E-state index contributed by atoms with van der Waals surface area (Å²) in [6.07, 6.45) is 0. The largest absolute Gasteiger partial charge is 0.398 e. The highest BCUT2D eigenvalue weighted by Crippen LogP contribution is 2.18. The monoisotopic (exact) mass is 252 g/mol. The third-order valence-corrected chi connectivity index (χ3v) is 2.97. The Labute approximate surface area is 113 Å². The SMILES string of the molecule is CCN(Cc1ccccc1N)c1cccc(C#N)n1. The second-order valence-corrected chi connectivity index (χ2v) is 4.21. The van der Waals surface area contributed by atoms with E-state index in [1.807, 2.05) is 36.4 Å². The molecule has 0 saturated heterocycles. The van der Waals surface area contributed by atoms with Gasteiger partial charge in [0.1, 0.15) is 17.6 Å². The Bertz CT molecular complexity index is 601. The second-order valence-electron chi connectivity index (χ2n) is 4.21. The quantitative estimate of drug-likeness (QED) is 0.849. The lowest BCUT2D eigenvalue weighted by Crippen LogP contribution is -2.23. The van der Waals surface area contributed by atoms with Crippen LogP contribution in [0.1, 0.15) is 18.2 Å². The fourth-order valence-electron chi connectivity index (χ4n) is 1.90. The van der Waals surface area contributed by atoms with Gasteiger partial charge in [0, 0.05) is 18.8 Å². The zero-order valence-corrected chi connectivity index (χ0v) is 10.9. The molecule has 0 spiro atoms. The van der Waals surface area contributed by atoms with Crippen molar-refractivity contribution in [2.45, 2.75) is 13.5 Å². The van der Waals surface area contributed by atoms with E-state index in [4.69, 9.17) is 11.0 Å². The Balaban J connectivity index is 2.25. The van der Waals surface area contributed by atoms with E-state index >= 15 is 0 Å². The van der Waals surface area contributed by atoms with Crippen molar-refractivity contribution in [2.75, 3.05) is 17.2 Å². The lowest BCUT2D eigenvalue weighted by atomic mass is 10.1. The van der Waals surface area contributed by atoms with Crippen LogP contribution in [-0.2, 0) is 6.54 Å². The van der Waals surface area contributed by atoms with Crippen LogP contribution in [0.3, 0.4) is 0 Å². The minimum atomic E-state index is 0.428. The number of hydrogen-bond acceptors (Lipinski definition) is 4. The average Bonchev–Trinajstić information content (AvgIpc) is 2.46. The van der Waals surface area contributed by atoms with Crippen LogP contribution in [0.15, 0.2) is 42.5 Å². The van der Waals surface area contributed by atoms with E-state index in [0.717, 1.165) is 23.6 Å². The molecule has 4 heteroatoms. The van der Waals surface area contributed by atoms with Crippen LogP contribution >= 0.6 is 0 Å². The van der Waals surface area contributed by atoms with Gasteiger partial charge in [-0.15, -0.1) is 0 Å². The fourth-order valence-corrected chi connectivity index (χ4v) is 1.90. The van der Waals surface area contributed by atoms with Crippen molar-refractivity contribution in [3.8, 4) is 6.07 Å².